The topological polar surface area (TPSA) is 228 Å². The van der Waals surface area contributed by atoms with E-state index in [0.29, 0.717) is 117 Å². The lowest BCUT2D eigenvalue weighted by Gasteiger charge is -2.25. The molecule has 21 nitrogen and oxygen atoms in total. The fourth-order valence-corrected chi connectivity index (χ4v) is 13.0. The third-order valence-corrected chi connectivity index (χ3v) is 20.6. The molecular formula is C81H116O21Si2. The molecule has 0 radical (unpaired) electrons. The van der Waals surface area contributed by atoms with E-state index in [0.717, 1.165) is 45.8 Å². The van der Waals surface area contributed by atoms with Gasteiger partial charge in [-0.2, -0.15) is 0 Å². The molecule has 2 aliphatic heterocycles. The number of hydrogen-bond acceptors (Lipinski definition) is 21. The lowest BCUT2D eigenvalue weighted by Crippen LogP contribution is -2.37. The summed E-state index contributed by atoms with van der Waals surface area (Å²) in [7, 11) is 6.64. The van der Waals surface area contributed by atoms with Crippen molar-refractivity contribution in [3.8, 4) is 34.5 Å². The maximum absolute atomic E-state index is 13.6. The van der Waals surface area contributed by atoms with Crippen LogP contribution in [-0.2, 0) is 78.2 Å². The van der Waals surface area contributed by atoms with Crippen LogP contribution < -0.4 is 28.4 Å². The number of aliphatic hydroxyl groups excluding tert-OH is 1. The largest absolute Gasteiger partial charge is 0.497 e. The molecule has 0 saturated carbocycles. The molecule has 0 amide bonds. The van der Waals surface area contributed by atoms with Crippen LogP contribution in [-0.4, -0.2) is 169 Å². The molecular weight excluding hydrogens is 1370 g/mol. The maximum atomic E-state index is 13.6. The first-order valence-electron chi connectivity index (χ1n) is 35.9. The first-order chi connectivity index (χ1) is 49.5. The quantitative estimate of drug-likeness (QED) is 0.0126. The molecule has 8 atom stereocenters. The summed E-state index contributed by atoms with van der Waals surface area (Å²) >= 11 is 0. The van der Waals surface area contributed by atoms with E-state index >= 15 is 0 Å². The van der Waals surface area contributed by atoms with Crippen molar-refractivity contribution in [2.24, 2.45) is 0 Å². The number of hydrogen-bond donors (Lipinski definition) is 1. The molecule has 2 unspecified atom stereocenters. The van der Waals surface area contributed by atoms with E-state index in [9.17, 15) is 19.5 Å². The normalized spacial score (nSPS) is 18.2. The Kier molecular flexibility index (Phi) is 34.9. The number of carbonyl (C=O) groups is 3. The minimum atomic E-state index is -1.44. The van der Waals surface area contributed by atoms with Gasteiger partial charge in [0, 0.05) is 42.5 Å². The summed E-state index contributed by atoms with van der Waals surface area (Å²) in [4.78, 5) is 40.4. The molecule has 5 aromatic carbocycles. The van der Waals surface area contributed by atoms with Crippen LogP contribution in [0.4, 0.5) is 0 Å². The highest BCUT2D eigenvalue weighted by Gasteiger charge is 2.46. The summed E-state index contributed by atoms with van der Waals surface area (Å²) in [6, 6.07) is 33.2. The fourth-order valence-electron chi connectivity index (χ4n) is 11.6. The van der Waals surface area contributed by atoms with Gasteiger partial charge in [0.2, 0.25) is 0 Å². The second-order valence-corrected chi connectivity index (χ2v) is 40.6. The average Bonchev–Trinajstić information content (AvgIpc) is 0.890. The van der Waals surface area contributed by atoms with E-state index in [-0.39, 0.29) is 31.9 Å². The molecule has 0 spiro atoms. The zero-order valence-corrected chi connectivity index (χ0v) is 66.7. The van der Waals surface area contributed by atoms with Crippen molar-refractivity contribution in [1.82, 2.24) is 0 Å². The van der Waals surface area contributed by atoms with Crippen LogP contribution in [0.2, 0.25) is 51.4 Å². The first-order valence-corrected chi connectivity index (χ1v) is 43.4. The van der Waals surface area contributed by atoms with Crippen LogP contribution in [0.3, 0.4) is 0 Å². The summed E-state index contributed by atoms with van der Waals surface area (Å²) in [6.07, 6.45) is 8.40. The number of esters is 3. The Hall–Kier alpha value is -7.14. The summed E-state index contributed by atoms with van der Waals surface area (Å²) in [5.74, 6) is 0.271. The van der Waals surface area contributed by atoms with Crippen LogP contribution in [0.5, 0.6) is 34.5 Å². The standard InChI is InChI=1S/C44H60O11Si.C37H56O10Si/c1-31(51-29-32-21-23-35(48-5)24-22-32)15-13-19-37(53-42(45)33-16-11-10-12-17-33)41-38(54-44(2,3)55-41)20-14-18-34-27-36(49-6)28-39(52-30-47-4)40(34)43(46)50-25-26-56(7,8)9;1-26(44-24-27-16-18-29(41-5)19-17-27)12-10-14-31(38)35-32(46-37(2,3)47-35)15-11-13-28-22-30(42-6)23-33(45-25-40-4)34(28)36(39)43-20-21-48(7,8)9/h10-13,16-17,19,21-24,27-28,31,37-38,41H,14-15,18,20,25-26,29-30H2,1-9H3;10,14,16-19,22-23,26,31-32,35,38H,11-13,15,20-21,24-25H2,1-9H3/b19-13-;14-10-/t31-,37?,38-,41+;26-,31?,32-,35+/m00/s1. The molecule has 7 rings (SSSR count). The zero-order valence-electron chi connectivity index (χ0n) is 64.7. The number of rotatable bonds is 42. The van der Waals surface area contributed by atoms with Crippen LogP contribution in [0.15, 0.2) is 127 Å². The van der Waals surface area contributed by atoms with E-state index in [2.05, 4.69) is 39.3 Å². The molecule has 0 aromatic heterocycles. The fraction of sp³-hybridized carbons (Fsp3) is 0.543. The van der Waals surface area contributed by atoms with Crippen molar-refractivity contribution >= 4 is 34.1 Å². The number of aryl methyl sites for hydroxylation is 2. The first kappa shape index (κ1) is 85.8. The van der Waals surface area contributed by atoms with Gasteiger partial charge in [0.25, 0.3) is 0 Å². The molecule has 2 saturated heterocycles. The second kappa shape index (κ2) is 42.3. The van der Waals surface area contributed by atoms with Gasteiger partial charge in [-0.25, -0.2) is 14.4 Å². The lowest BCUT2D eigenvalue weighted by atomic mass is 9.96. The number of methoxy groups -OCH3 is 6. The van der Waals surface area contributed by atoms with Gasteiger partial charge in [-0.15, -0.1) is 0 Å². The van der Waals surface area contributed by atoms with Gasteiger partial charge >= 0.3 is 17.9 Å². The highest BCUT2D eigenvalue weighted by molar-refractivity contribution is 6.76. The smallest absolute Gasteiger partial charge is 0.342 e. The predicted molar refractivity (Wildman–Crippen MR) is 405 cm³/mol. The molecule has 1 N–H and O–H groups in total. The van der Waals surface area contributed by atoms with E-state index in [1.54, 1.807) is 70.9 Å². The van der Waals surface area contributed by atoms with Crippen LogP contribution in [0.1, 0.15) is 133 Å². The average molecular weight is 1480 g/mol. The van der Waals surface area contributed by atoms with Crippen molar-refractivity contribution < 1.29 is 100 Å². The predicted octanol–water partition coefficient (Wildman–Crippen LogP) is 15.7. The Morgan fingerprint density at radius 2 is 0.933 bits per heavy atom. The summed E-state index contributed by atoms with van der Waals surface area (Å²) in [5.41, 5.74) is 4.72. The van der Waals surface area contributed by atoms with Gasteiger partial charge in [0.15, 0.2) is 25.2 Å². The van der Waals surface area contributed by atoms with Crippen LogP contribution in [0, 0.1) is 0 Å². The zero-order chi connectivity index (χ0) is 76.0. The second-order valence-electron chi connectivity index (χ2n) is 29.4. The molecule has 2 aliphatic rings. The molecule has 23 heteroatoms. The van der Waals surface area contributed by atoms with Gasteiger partial charge < -0.3 is 85.6 Å². The molecule has 2 fully saturated rings. The highest BCUT2D eigenvalue weighted by atomic mass is 28.3. The molecule has 574 valence electrons. The van der Waals surface area contributed by atoms with Crippen molar-refractivity contribution in [1.29, 1.82) is 0 Å². The molecule has 104 heavy (non-hydrogen) atoms. The molecule has 2 heterocycles. The Morgan fingerprint density at radius 3 is 1.35 bits per heavy atom. The highest BCUT2D eigenvalue weighted by Crippen LogP contribution is 2.39. The number of carbonyl (C=O) groups excluding carboxylic acids is 3. The van der Waals surface area contributed by atoms with E-state index in [4.69, 9.17) is 80.5 Å². The van der Waals surface area contributed by atoms with Crippen LogP contribution in [0.25, 0.3) is 0 Å². The van der Waals surface area contributed by atoms with E-state index in [1.807, 2.05) is 127 Å². The van der Waals surface area contributed by atoms with Crippen molar-refractivity contribution in [3.05, 3.63) is 166 Å². The molecule has 0 bridgehead atoms. The van der Waals surface area contributed by atoms with Gasteiger partial charge in [-0.05, 0) is 182 Å². The Labute approximate surface area is 619 Å². The number of aliphatic hydroxyl groups is 1. The minimum Gasteiger partial charge on any atom is -0.497 e. The Bertz CT molecular complexity index is 3460. The van der Waals surface area contributed by atoms with Crippen LogP contribution >= 0.6 is 0 Å². The summed E-state index contributed by atoms with van der Waals surface area (Å²) in [6.45, 7) is 26.4. The van der Waals surface area contributed by atoms with Crippen molar-refractivity contribution in [2.75, 3.05) is 69.5 Å². The third-order valence-electron chi connectivity index (χ3n) is 17.2. The van der Waals surface area contributed by atoms with Gasteiger partial charge in [-0.3, -0.25) is 0 Å². The molecule has 0 aliphatic carbocycles. The van der Waals surface area contributed by atoms with Crippen molar-refractivity contribution in [3.63, 3.8) is 0 Å². The number of benzene rings is 5. The van der Waals surface area contributed by atoms with Gasteiger partial charge in [0.05, 0.1) is 84.8 Å². The number of ether oxygens (including phenoxy) is 17. The SMILES string of the molecule is COCOc1cc(OC)cc(CCC[C@@H]2OC(C)(C)O[C@@H]2C(/C=C\C[C@H](C)OCc2ccc(OC)cc2)OC(=O)c2ccccc2)c1C(=O)OCC[Si](C)(C)C.COCOc1cc(OC)cc(CCC[C@@H]2OC(C)(C)O[C@@H]2C(O)/C=C\C[C@H](C)OCc2ccc(OC)cc2)c1C(=O)OCC[Si](C)(C)C. The lowest BCUT2D eigenvalue weighted by molar-refractivity contribution is -0.153. The Balaban J connectivity index is 0.000000330. The summed E-state index contributed by atoms with van der Waals surface area (Å²) in [5, 5.41) is 11.1. The third kappa shape index (κ3) is 29.3. The Morgan fingerprint density at radius 1 is 0.519 bits per heavy atom. The molecule has 5 aromatic rings. The van der Waals surface area contributed by atoms with E-state index in [1.165, 1.54) is 14.2 Å². The summed E-state index contributed by atoms with van der Waals surface area (Å²) < 4.78 is 98.6. The monoisotopic (exact) mass is 1480 g/mol. The maximum Gasteiger partial charge on any atom is 0.342 e. The van der Waals surface area contributed by atoms with Gasteiger partial charge in [0.1, 0.15) is 70.0 Å². The minimum absolute atomic E-state index is 0.0230. The van der Waals surface area contributed by atoms with E-state index < -0.39 is 76.1 Å². The van der Waals surface area contributed by atoms with Gasteiger partial charge in [-0.1, -0.05) is 100.0 Å². The van der Waals surface area contributed by atoms with Crippen molar-refractivity contribution in [2.45, 2.75) is 218 Å².